The number of fused-ring (bicyclic) bond motifs is 1. The lowest BCUT2D eigenvalue weighted by molar-refractivity contribution is -0.144. The third-order valence-electron chi connectivity index (χ3n) is 4.50. The maximum absolute atomic E-state index is 12.3. The fourth-order valence-corrected chi connectivity index (χ4v) is 3.46. The number of hydrogen-bond acceptors (Lipinski definition) is 2. The summed E-state index contributed by atoms with van der Waals surface area (Å²) >= 11 is 0. The highest BCUT2D eigenvalue weighted by molar-refractivity contribution is 5.87. The van der Waals surface area contributed by atoms with Gasteiger partial charge in [-0.2, -0.15) is 0 Å². The van der Waals surface area contributed by atoms with E-state index in [2.05, 4.69) is 6.92 Å². The minimum Gasteiger partial charge on any atom is -0.331 e. The minimum atomic E-state index is 0.0173. The van der Waals surface area contributed by atoms with Crippen LogP contribution in [0, 0.1) is 5.92 Å². The lowest BCUT2D eigenvalue weighted by atomic mass is 10.2. The van der Waals surface area contributed by atoms with Crippen molar-refractivity contribution >= 4 is 11.8 Å². The lowest BCUT2D eigenvalue weighted by Gasteiger charge is -2.33. The van der Waals surface area contributed by atoms with Gasteiger partial charge >= 0.3 is 0 Å². The van der Waals surface area contributed by atoms with Gasteiger partial charge in [-0.3, -0.25) is 9.59 Å². The topological polar surface area (TPSA) is 40.6 Å². The average molecular weight is 332 g/mol. The lowest BCUT2D eigenvalue weighted by Crippen LogP contribution is -2.51. The minimum absolute atomic E-state index is 0.0173. The first-order valence-corrected chi connectivity index (χ1v) is 9.24. The van der Waals surface area contributed by atoms with E-state index in [1.165, 1.54) is 0 Å². The number of carbonyl (C=O) groups is 2. The zero-order valence-corrected chi connectivity index (χ0v) is 16.0. The van der Waals surface area contributed by atoms with Crippen molar-refractivity contribution in [1.29, 1.82) is 0 Å². The molecule has 4 heteroatoms. The molecule has 3 unspecified atom stereocenters. The molecule has 4 nitrogen and oxygen atoms in total. The van der Waals surface area contributed by atoms with E-state index in [1.54, 1.807) is 11.8 Å². The van der Waals surface area contributed by atoms with Crippen molar-refractivity contribution < 1.29 is 9.59 Å². The third-order valence-corrected chi connectivity index (χ3v) is 4.50. The molecule has 1 saturated carbocycles. The highest BCUT2D eigenvalue weighted by Crippen LogP contribution is 2.46. The summed E-state index contributed by atoms with van der Waals surface area (Å²) in [5.74, 6) is 0.527. The Kier molecular flexibility index (Phi) is 7.96. The van der Waals surface area contributed by atoms with Crippen LogP contribution in [0.25, 0.3) is 0 Å². The van der Waals surface area contributed by atoms with E-state index in [9.17, 15) is 9.59 Å². The van der Waals surface area contributed by atoms with E-state index < -0.39 is 0 Å². The summed E-state index contributed by atoms with van der Waals surface area (Å²) < 4.78 is 0. The molecule has 0 N–H and O–H groups in total. The van der Waals surface area contributed by atoms with Crippen LogP contribution >= 0.6 is 0 Å². The molecular weight excluding hydrogens is 300 g/mol. The Balaban J connectivity index is 0.000000671. The van der Waals surface area contributed by atoms with Gasteiger partial charge in [0.05, 0.1) is 12.1 Å². The zero-order chi connectivity index (χ0) is 18.3. The summed E-state index contributed by atoms with van der Waals surface area (Å²) in [6, 6.07) is 10.5. The largest absolute Gasteiger partial charge is 0.331 e. The second-order valence-electron chi connectivity index (χ2n) is 5.71. The second-order valence-corrected chi connectivity index (χ2v) is 5.71. The van der Waals surface area contributed by atoms with Gasteiger partial charge in [-0.1, -0.05) is 65.0 Å². The van der Waals surface area contributed by atoms with Crippen LogP contribution in [0.2, 0.25) is 0 Å². The van der Waals surface area contributed by atoms with Gasteiger partial charge in [-0.15, -0.1) is 0 Å². The summed E-state index contributed by atoms with van der Waals surface area (Å²) in [4.78, 5) is 27.7. The number of carbonyl (C=O) groups excluding carboxylic acids is 2. The van der Waals surface area contributed by atoms with Crippen LogP contribution in [0.3, 0.4) is 0 Å². The van der Waals surface area contributed by atoms with Gasteiger partial charge in [-0.25, -0.2) is 0 Å². The molecule has 3 rings (SSSR count). The number of rotatable bonds is 3. The molecule has 1 heterocycles. The van der Waals surface area contributed by atoms with E-state index in [0.29, 0.717) is 12.5 Å². The Hall–Kier alpha value is -1.84. The van der Waals surface area contributed by atoms with Crippen LogP contribution in [-0.2, 0) is 16.1 Å². The van der Waals surface area contributed by atoms with Crippen molar-refractivity contribution in [3.8, 4) is 0 Å². The van der Waals surface area contributed by atoms with Crippen molar-refractivity contribution in [2.24, 2.45) is 5.92 Å². The fourth-order valence-electron chi connectivity index (χ4n) is 3.46. The fraction of sp³-hybridized carbons (Fsp3) is 0.600. The molecule has 0 bridgehead atoms. The first kappa shape index (κ1) is 20.2. The highest BCUT2D eigenvalue weighted by Gasteiger charge is 2.60. The number of hydrogen-bond donors (Lipinski definition) is 0. The standard InChI is InChI=1S/C16H20N2O2.2C2H6/c1-3-13-15-16(13)18(9-12-7-5-4-6-8-12)14(20)10-17(15)11(2)19;2*1-2/h4-8,13,15-16H,3,9-10H2,1-2H3;2*1-2H3. The molecule has 3 atom stereocenters. The molecule has 2 fully saturated rings. The first-order chi connectivity index (χ1) is 11.6. The Bertz CT molecular complexity index is 530. The van der Waals surface area contributed by atoms with Gasteiger partial charge in [0.25, 0.3) is 0 Å². The quantitative estimate of drug-likeness (QED) is 0.846. The molecule has 0 aromatic heterocycles. The van der Waals surface area contributed by atoms with Crippen LogP contribution < -0.4 is 0 Å². The molecule has 0 radical (unpaired) electrons. The summed E-state index contributed by atoms with van der Waals surface area (Å²) in [5, 5.41) is 0. The molecule has 134 valence electrons. The SMILES string of the molecule is CC.CC.CCC1C2C1N(Cc1ccccc1)C(=O)CN2C(C)=O. The monoisotopic (exact) mass is 332 g/mol. The molecule has 1 aromatic rings. The van der Waals surface area contributed by atoms with Crippen LogP contribution in [-0.4, -0.2) is 40.2 Å². The van der Waals surface area contributed by atoms with Crippen LogP contribution in [0.5, 0.6) is 0 Å². The predicted molar refractivity (Wildman–Crippen MR) is 98.4 cm³/mol. The average Bonchev–Trinajstić information content (AvgIpc) is 3.35. The van der Waals surface area contributed by atoms with E-state index in [1.807, 2.05) is 62.9 Å². The molecule has 0 spiro atoms. The van der Waals surface area contributed by atoms with Gasteiger partial charge in [0, 0.05) is 19.4 Å². The summed E-state index contributed by atoms with van der Waals surface area (Å²) in [6.45, 7) is 12.6. The third kappa shape index (κ3) is 4.16. The van der Waals surface area contributed by atoms with Crippen molar-refractivity contribution in [2.45, 2.75) is 66.6 Å². The highest BCUT2D eigenvalue weighted by atomic mass is 16.2. The van der Waals surface area contributed by atoms with Gasteiger partial charge in [-0.05, 0) is 12.0 Å². The van der Waals surface area contributed by atoms with Crippen LogP contribution in [0.4, 0.5) is 0 Å². The normalized spacial score (nSPS) is 24.1. The number of piperazine rings is 1. The first-order valence-electron chi connectivity index (χ1n) is 9.24. The van der Waals surface area contributed by atoms with Gasteiger partial charge in [0.15, 0.2) is 0 Å². The Morgan fingerprint density at radius 2 is 1.67 bits per heavy atom. The van der Waals surface area contributed by atoms with E-state index in [-0.39, 0.29) is 30.4 Å². The van der Waals surface area contributed by atoms with Crippen molar-refractivity contribution in [3.63, 3.8) is 0 Å². The molecule has 2 amide bonds. The number of amides is 2. The van der Waals surface area contributed by atoms with E-state index in [0.717, 1.165) is 12.0 Å². The maximum atomic E-state index is 12.3. The molecular formula is C20H32N2O2. The molecule has 24 heavy (non-hydrogen) atoms. The number of nitrogens with zero attached hydrogens (tertiary/aromatic N) is 2. The smallest absolute Gasteiger partial charge is 0.242 e. The molecule has 1 aromatic carbocycles. The molecule has 1 aliphatic carbocycles. The zero-order valence-electron chi connectivity index (χ0n) is 16.0. The van der Waals surface area contributed by atoms with Crippen molar-refractivity contribution in [1.82, 2.24) is 9.80 Å². The van der Waals surface area contributed by atoms with Gasteiger partial charge in [0.1, 0.15) is 6.54 Å². The van der Waals surface area contributed by atoms with Gasteiger partial charge in [0.2, 0.25) is 11.8 Å². The van der Waals surface area contributed by atoms with E-state index in [4.69, 9.17) is 0 Å². The molecule has 2 aliphatic rings. The molecule has 1 aliphatic heterocycles. The molecule has 1 saturated heterocycles. The maximum Gasteiger partial charge on any atom is 0.242 e. The van der Waals surface area contributed by atoms with Crippen molar-refractivity contribution in [2.75, 3.05) is 6.54 Å². The summed E-state index contributed by atoms with van der Waals surface area (Å²) in [5.41, 5.74) is 1.15. The Labute approximate surface area is 146 Å². The summed E-state index contributed by atoms with van der Waals surface area (Å²) in [6.07, 6.45) is 1.01. The van der Waals surface area contributed by atoms with Crippen molar-refractivity contribution in [3.05, 3.63) is 35.9 Å². The summed E-state index contributed by atoms with van der Waals surface area (Å²) in [7, 11) is 0. The second kappa shape index (κ2) is 9.45. The Morgan fingerprint density at radius 1 is 1.08 bits per heavy atom. The Morgan fingerprint density at radius 3 is 2.17 bits per heavy atom. The van der Waals surface area contributed by atoms with Crippen LogP contribution in [0.15, 0.2) is 30.3 Å². The van der Waals surface area contributed by atoms with E-state index >= 15 is 0 Å². The van der Waals surface area contributed by atoms with Crippen LogP contribution in [0.1, 0.15) is 53.5 Å². The predicted octanol–water partition coefficient (Wildman–Crippen LogP) is 3.71. The van der Waals surface area contributed by atoms with Gasteiger partial charge < -0.3 is 9.80 Å². The number of benzene rings is 1.